The molecule has 0 amide bonds. The van der Waals surface area contributed by atoms with Gasteiger partial charge in [-0.3, -0.25) is 4.90 Å². The first kappa shape index (κ1) is 24.4. The molecule has 1 atom stereocenters. The highest BCUT2D eigenvalue weighted by Gasteiger charge is 2.30. The van der Waals surface area contributed by atoms with Gasteiger partial charge in [0.25, 0.3) is 0 Å². The molecule has 1 N–H and O–H groups in total. The Bertz CT molecular complexity index is 1300. The van der Waals surface area contributed by atoms with E-state index >= 15 is 0 Å². The van der Waals surface area contributed by atoms with Crippen LogP contribution in [0.15, 0.2) is 77.3 Å². The highest BCUT2D eigenvalue weighted by atomic mass is 35.5. The summed E-state index contributed by atoms with van der Waals surface area (Å²) in [5.41, 5.74) is 3.84. The molecular formula is C29H29ClN2O4. The maximum atomic E-state index is 9.77. The van der Waals surface area contributed by atoms with Crippen LogP contribution in [-0.4, -0.2) is 48.0 Å². The summed E-state index contributed by atoms with van der Waals surface area (Å²) in [5, 5.41) is 14.8. The third-order valence-electron chi connectivity index (χ3n) is 6.43. The van der Waals surface area contributed by atoms with E-state index in [0.29, 0.717) is 16.5 Å². The van der Waals surface area contributed by atoms with Gasteiger partial charge in [-0.05, 0) is 61.0 Å². The second-order valence-corrected chi connectivity index (χ2v) is 9.39. The lowest BCUT2D eigenvalue weighted by Gasteiger charge is -2.38. The van der Waals surface area contributed by atoms with Crippen LogP contribution in [0.3, 0.4) is 0 Å². The molecule has 1 saturated heterocycles. The van der Waals surface area contributed by atoms with Crippen LogP contribution in [0.1, 0.15) is 30.6 Å². The molecule has 2 heterocycles. The van der Waals surface area contributed by atoms with Gasteiger partial charge < -0.3 is 19.1 Å². The van der Waals surface area contributed by atoms with Crippen molar-refractivity contribution in [2.75, 3.05) is 26.7 Å². The monoisotopic (exact) mass is 504 g/mol. The topological polar surface area (TPSA) is 68.0 Å². The van der Waals surface area contributed by atoms with Crippen LogP contribution in [0, 0.1) is 0 Å². The first-order valence-electron chi connectivity index (χ1n) is 12.1. The molecular weight excluding hydrogens is 476 g/mol. The minimum atomic E-state index is -0.468. The number of methoxy groups -OCH3 is 1. The van der Waals surface area contributed by atoms with Gasteiger partial charge in [-0.15, -0.1) is 0 Å². The molecule has 3 aromatic carbocycles. The zero-order chi connectivity index (χ0) is 25.1. The zero-order valence-corrected chi connectivity index (χ0v) is 21.1. The molecule has 0 aliphatic carbocycles. The second-order valence-electron chi connectivity index (χ2n) is 8.98. The van der Waals surface area contributed by atoms with Crippen LogP contribution in [0.4, 0.5) is 0 Å². The normalized spacial score (nSPS) is 15.0. The standard InChI is InChI=1S/C29H29ClN2O4/c1-3-16-32-17-23(18-32)35-22-14-10-19(11-15-22)28(34-2)26-27(24-6-4-5-7-25(24)30)31-36-29(26)20-8-12-21(33)13-9-20/h4-15,23,28,33H,3,16-18H2,1-2H3. The molecule has 1 aromatic heterocycles. The second kappa shape index (κ2) is 10.7. The summed E-state index contributed by atoms with van der Waals surface area (Å²) in [6.45, 7) is 5.24. The van der Waals surface area contributed by atoms with Gasteiger partial charge in [0, 0.05) is 31.3 Å². The highest BCUT2D eigenvalue weighted by molar-refractivity contribution is 6.33. The van der Waals surface area contributed by atoms with E-state index in [-0.39, 0.29) is 11.9 Å². The molecule has 5 rings (SSSR count). The quantitative estimate of drug-likeness (QED) is 0.278. The van der Waals surface area contributed by atoms with Crippen molar-refractivity contribution in [3.63, 3.8) is 0 Å². The van der Waals surface area contributed by atoms with Gasteiger partial charge in [-0.25, -0.2) is 0 Å². The SMILES string of the molecule is CCCN1CC(Oc2ccc(C(OC)c3c(-c4ccccc4Cl)noc3-c3ccc(O)cc3)cc2)C1. The van der Waals surface area contributed by atoms with E-state index in [1.165, 1.54) is 0 Å². The Balaban J connectivity index is 1.48. The molecule has 1 unspecified atom stereocenters. The zero-order valence-electron chi connectivity index (χ0n) is 20.4. The maximum Gasteiger partial charge on any atom is 0.173 e. The molecule has 0 saturated carbocycles. The van der Waals surface area contributed by atoms with Gasteiger partial charge in [0.1, 0.15) is 29.4 Å². The van der Waals surface area contributed by atoms with E-state index in [1.807, 2.05) is 48.5 Å². The van der Waals surface area contributed by atoms with Crippen molar-refractivity contribution in [1.29, 1.82) is 0 Å². The van der Waals surface area contributed by atoms with Crippen molar-refractivity contribution in [3.8, 4) is 34.1 Å². The number of likely N-dealkylation sites (tertiary alicyclic amines) is 1. The Morgan fingerprint density at radius 3 is 2.44 bits per heavy atom. The summed E-state index contributed by atoms with van der Waals surface area (Å²) < 4.78 is 18.0. The average molecular weight is 505 g/mol. The Morgan fingerprint density at radius 2 is 1.78 bits per heavy atom. The van der Waals surface area contributed by atoms with Gasteiger partial charge in [0.05, 0.1) is 10.6 Å². The number of halogens is 1. The first-order chi connectivity index (χ1) is 17.6. The number of benzene rings is 3. The van der Waals surface area contributed by atoms with Crippen LogP contribution in [0.5, 0.6) is 11.5 Å². The summed E-state index contributed by atoms with van der Waals surface area (Å²) >= 11 is 6.54. The Morgan fingerprint density at radius 1 is 1.06 bits per heavy atom. The third-order valence-corrected chi connectivity index (χ3v) is 6.76. The van der Waals surface area contributed by atoms with Crippen LogP contribution >= 0.6 is 11.6 Å². The van der Waals surface area contributed by atoms with Crippen molar-refractivity contribution in [2.45, 2.75) is 25.6 Å². The van der Waals surface area contributed by atoms with Crippen molar-refractivity contribution in [3.05, 3.63) is 88.9 Å². The number of rotatable bonds is 9. The number of aromatic nitrogens is 1. The fourth-order valence-electron chi connectivity index (χ4n) is 4.64. The molecule has 0 bridgehead atoms. The largest absolute Gasteiger partial charge is 0.508 e. The minimum Gasteiger partial charge on any atom is -0.508 e. The van der Waals surface area contributed by atoms with Gasteiger partial charge in [-0.1, -0.05) is 54.0 Å². The van der Waals surface area contributed by atoms with E-state index in [1.54, 1.807) is 31.4 Å². The Kier molecular flexibility index (Phi) is 7.28. The molecule has 1 fully saturated rings. The molecule has 1 aliphatic rings. The summed E-state index contributed by atoms with van der Waals surface area (Å²) in [5.74, 6) is 1.57. The third kappa shape index (κ3) is 4.98. The Hall–Kier alpha value is -3.32. The molecule has 7 heteroatoms. The molecule has 0 spiro atoms. The van der Waals surface area contributed by atoms with E-state index in [2.05, 4.69) is 17.0 Å². The molecule has 36 heavy (non-hydrogen) atoms. The van der Waals surface area contributed by atoms with Crippen molar-refractivity contribution >= 4 is 11.6 Å². The summed E-state index contributed by atoms with van der Waals surface area (Å²) in [4.78, 5) is 2.40. The lowest BCUT2D eigenvalue weighted by molar-refractivity contribution is 0.0202. The van der Waals surface area contributed by atoms with Crippen molar-refractivity contribution in [1.82, 2.24) is 10.1 Å². The maximum absolute atomic E-state index is 9.77. The lowest BCUT2D eigenvalue weighted by Crippen LogP contribution is -2.53. The van der Waals surface area contributed by atoms with E-state index in [0.717, 1.165) is 54.1 Å². The predicted octanol–water partition coefficient (Wildman–Crippen LogP) is 6.58. The number of phenolic OH excluding ortho intramolecular Hbond substituents is 1. The highest BCUT2D eigenvalue weighted by Crippen LogP contribution is 2.42. The Labute approximate surface area is 216 Å². The molecule has 0 radical (unpaired) electrons. The fourth-order valence-corrected chi connectivity index (χ4v) is 4.86. The summed E-state index contributed by atoms with van der Waals surface area (Å²) in [6, 6.07) is 22.3. The van der Waals surface area contributed by atoms with Crippen molar-refractivity contribution < 1.29 is 19.1 Å². The number of phenols is 1. The van der Waals surface area contributed by atoms with Gasteiger partial charge in [0.15, 0.2) is 5.76 Å². The van der Waals surface area contributed by atoms with E-state index in [4.69, 9.17) is 25.6 Å². The number of hydrogen-bond acceptors (Lipinski definition) is 6. The number of aromatic hydroxyl groups is 1. The van der Waals surface area contributed by atoms with Crippen LogP contribution in [-0.2, 0) is 4.74 Å². The number of hydrogen-bond donors (Lipinski definition) is 1. The van der Waals surface area contributed by atoms with Crippen LogP contribution in [0.2, 0.25) is 5.02 Å². The van der Waals surface area contributed by atoms with Crippen molar-refractivity contribution in [2.24, 2.45) is 0 Å². The molecule has 186 valence electrons. The van der Waals surface area contributed by atoms with Crippen LogP contribution in [0.25, 0.3) is 22.6 Å². The molecule has 1 aliphatic heterocycles. The van der Waals surface area contributed by atoms with Gasteiger partial charge in [-0.2, -0.15) is 0 Å². The minimum absolute atomic E-state index is 0.175. The molecule has 4 aromatic rings. The first-order valence-corrected chi connectivity index (χ1v) is 12.5. The molecule has 6 nitrogen and oxygen atoms in total. The lowest BCUT2D eigenvalue weighted by atomic mass is 9.94. The summed E-state index contributed by atoms with van der Waals surface area (Å²) in [6.07, 6.45) is 0.918. The number of nitrogens with zero attached hydrogens (tertiary/aromatic N) is 2. The summed E-state index contributed by atoms with van der Waals surface area (Å²) in [7, 11) is 1.66. The smallest absolute Gasteiger partial charge is 0.173 e. The van der Waals surface area contributed by atoms with E-state index < -0.39 is 6.10 Å². The van der Waals surface area contributed by atoms with E-state index in [9.17, 15) is 5.11 Å². The number of ether oxygens (including phenoxy) is 2. The fraction of sp³-hybridized carbons (Fsp3) is 0.276. The van der Waals surface area contributed by atoms with Gasteiger partial charge in [0.2, 0.25) is 0 Å². The van der Waals surface area contributed by atoms with Crippen LogP contribution < -0.4 is 4.74 Å². The predicted molar refractivity (Wildman–Crippen MR) is 140 cm³/mol. The van der Waals surface area contributed by atoms with Gasteiger partial charge >= 0.3 is 0 Å². The average Bonchev–Trinajstić information content (AvgIpc) is 3.29.